The Morgan fingerprint density at radius 2 is 1.62 bits per heavy atom. The Bertz CT molecular complexity index is 1100. The van der Waals surface area contributed by atoms with Gasteiger partial charge in [0.2, 0.25) is 10.0 Å². The molecule has 0 heterocycles. The highest BCUT2D eigenvalue weighted by Gasteiger charge is 2.24. The Labute approximate surface area is 189 Å². The van der Waals surface area contributed by atoms with Crippen LogP contribution in [0, 0.1) is 5.82 Å². The van der Waals surface area contributed by atoms with Crippen molar-refractivity contribution >= 4 is 10.0 Å². The fraction of sp³-hybridized carbons (Fsp3) is 0.280. The molecule has 0 N–H and O–H groups in total. The number of benzene rings is 3. The van der Waals surface area contributed by atoms with E-state index in [0.717, 1.165) is 36.1 Å². The van der Waals surface area contributed by atoms with Crippen LogP contribution in [0.3, 0.4) is 0 Å². The molecule has 0 aromatic heterocycles. The average molecular weight is 458 g/mol. The molecule has 0 aliphatic heterocycles. The molecule has 7 heteroatoms. The van der Waals surface area contributed by atoms with Crippen molar-refractivity contribution in [2.24, 2.45) is 0 Å². The van der Waals surface area contributed by atoms with Gasteiger partial charge in [0.1, 0.15) is 12.4 Å². The van der Waals surface area contributed by atoms with Gasteiger partial charge in [0.15, 0.2) is 11.5 Å². The molecule has 0 unspecified atom stereocenters. The number of nitrogens with zero attached hydrogens (tertiary/aromatic N) is 1. The summed E-state index contributed by atoms with van der Waals surface area (Å²) in [4.78, 5) is 0.0739. The van der Waals surface area contributed by atoms with Gasteiger partial charge in [-0.1, -0.05) is 49.7 Å². The number of methoxy groups -OCH3 is 1. The Balaban J connectivity index is 1.80. The molecule has 0 atom stereocenters. The smallest absolute Gasteiger partial charge is 0.243 e. The zero-order chi connectivity index (χ0) is 23.0. The van der Waals surface area contributed by atoms with Gasteiger partial charge in [-0.15, -0.1) is 0 Å². The van der Waals surface area contributed by atoms with Crippen LogP contribution in [0.5, 0.6) is 11.5 Å². The summed E-state index contributed by atoms with van der Waals surface area (Å²) >= 11 is 0. The van der Waals surface area contributed by atoms with Crippen molar-refractivity contribution in [3.05, 3.63) is 89.7 Å². The summed E-state index contributed by atoms with van der Waals surface area (Å²) < 4.78 is 52.4. The average Bonchev–Trinajstić information content (AvgIpc) is 2.81. The monoisotopic (exact) mass is 457 g/mol. The Morgan fingerprint density at radius 3 is 2.28 bits per heavy atom. The summed E-state index contributed by atoms with van der Waals surface area (Å²) in [6.45, 7) is 2.95. The van der Waals surface area contributed by atoms with E-state index in [2.05, 4.69) is 0 Å². The predicted octanol–water partition coefficient (Wildman–Crippen LogP) is 5.40. The standard InChI is InChI=1S/C25H28FNO4S/c1-3-4-16-27(32(28,29)23-13-11-22(26)12-14-23)18-21-10-15-24(25(17-21)30-2)31-19-20-8-6-5-7-9-20/h5-15,17H,3-4,16,18-19H2,1-2H3. The number of ether oxygens (including phenoxy) is 2. The molecule has 3 aromatic carbocycles. The van der Waals surface area contributed by atoms with Crippen molar-refractivity contribution in [1.82, 2.24) is 4.31 Å². The van der Waals surface area contributed by atoms with Gasteiger partial charge in [-0.05, 0) is 53.9 Å². The molecule has 5 nitrogen and oxygen atoms in total. The van der Waals surface area contributed by atoms with Gasteiger partial charge >= 0.3 is 0 Å². The van der Waals surface area contributed by atoms with Crippen molar-refractivity contribution in [3.63, 3.8) is 0 Å². The molecule has 0 saturated carbocycles. The number of rotatable bonds is 11. The van der Waals surface area contributed by atoms with Crippen LogP contribution < -0.4 is 9.47 Å². The molecule has 0 bridgehead atoms. The van der Waals surface area contributed by atoms with Crippen LogP contribution in [0.25, 0.3) is 0 Å². The second-order valence-electron chi connectivity index (χ2n) is 7.41. The van der Waals surface area contributed by atoms with Crippen LogP contribution in [-0.4, -0.2) is 26.4 Å². The summed E-state index contributed by atoms with van der Waals surface area (Å²) in [5.74, 6) is 0.648. The van der Waals surface area contributed by atoms with Gasteiger partial charge in [0.25, 0.3) is 0 Å². The van der Waals surface area contributed by atoms with E-state index >= 15 is 0 Å². The van der Waals surface area contributed by atoms with Crippen LogP contribution in [0.1, 0.15) is 30.9 Å². The number of hydrogen-bond donors (Lipinski definition) is 0. The minimum atomic E-state index is -3.77. The number of sulfonamides is 1. The van der Waals surface area contributed by atoms with E-state index in [1.807, 2.05) is 43.3 Å². The molecule has 3 rings (SSSR count). The fourth-order valence-corrected chi connectivity index (χ4v) is 4.71. The lowest BCUT2D eigenvalue weighted by molar-refractivity contribution is 0.284. The minimum Gasteiger partial charge on any atom is -0.493 e. The molecule has 32 heavy (non-hydrogen) atoms. The third-order valence-corrected chi connectivity index (χ3v) is 6.90. The number of halogens is 1. The second-order valence-corrected chi connectivity index (χ2v) is 9.34. The Hall–Kier alpha value is -2.90. The molecular formula is C25H28FNO4S. The lowest BCUT2D eigenvalue weighted by atomic mass is 10.2. The topological polar surface area (TPSA) is 55.8 Å². The molecule has 0 fully saturated rings. The van der Waals surface area contributed by atoms with Crippen molar-refractivity contribution in [1.29, 1.82) is 0 Å². The summed E-state index contributed by atoms with van der Waals surface area (Å²) in [6.07, 6.45) is 1.57. The van der Waals surface area contributed by atoms with Crippen molar-refractivity contribution in [2.75, 3.05) is 13.7 Å². The third kappa shape index (κ3) is 6.08. The largest absolute Gasteiger partial charge is 0.493 e. The molecule has 0 amide bonds. The molecule has 170 valence electrons. The second kappa shape index (κ2) is 11.1. The van der Waals surface area contributed by atoms with Crippen molar-refractivity contribution in [3.8, 4) is 11.5 Å². The van der Waals surface area contributed by atoms with Gasteiger partial charge in [0, 0.05) is 13.1 Å². The predicted molar refractivity (Wildman–Crippen MR) is 123 cm³/mol. The highest BCUT2D eigenvalue weighted by atomic mass is 32.2. The zero-order valence-corrected chi connectivity index (χ0v) is 19.1. The van der Waals surface area contributed by atoms with Gasteiger partial charge in [-0.3, -0.25) is 0 Å². The molecule has 0 spiro atoms. The van der Waals surface area contributed by atoms with E-state index in [1.165, 1.54) is 16.4 Å². The minimum absolute atomic E-state index is 0.0739. The quantitative estimate of drug-likeness (QED) is 0.387. The van der Waals surface area contributed by atoms with E-state index in [1.54, 1.807) is 19.2 Å². The normalized spacial score (nSPS) is 11.5. The fourth-order valence-electron chi connectivity index (χ4n) is 3.24. The molecule has 0 aliphatic rings. The van der Waals surface area contributed by atoms with Crippen LogP contribution in [0.2, 0.25) is 0 Å². The molecule has 0 saturated heterocycles. The summed E-state index contributed by atoms with van der Waals surface area (Å²) in [7, 11) is -2.22. The first-order chi connectivity index (χ1) is 15.4. The van der Waals surface area contributed by atoms with E-state index < -0.39 is 15.8 Å². The van der Waals surface area contributed by atoms with E-state index in [0.29, 0.717) is 24.7 Å². The highest BCUT2D eigenvalue weighted by Crippen LogP contribution is 2.30. The summed E-state index contributed by atoms with van der Waals surface area (Å²) in [5, 5.41) is 0. The number of unbranched alkanes of at least 4 members (excludes halogenated alkanes) is 1. The first-order valence-corrected chi connectivity index (χ1v) is 12.0. The van der Waals surface area contributed by atoms with Crippen molar-refractivity contribution in [2.45, 2.75) is 37.8 Å². The van der Waals surface area contributed by atoms with Gasteiger partial charge in [0.05, 0.1) is 12.0 Å². The van der Waals surface area contributed by atoms with Crippen molar-refractivity contribution < 1.29 is 22.3 Å². The highest BCUT2D eigenvalue weighted by molar-refractivity contribution is 7.89. The SMILES string of the molecule is CCCCN(Cc1ccc(OCc2ccccc2)c(OC)c1)S(=O)(=O)c1ccc(F)cc1. The molecule has 0 radical (unpaired) electrons. The molecular weight excluding hydrogens is 429 g/mol. The summed E-state index contributed by atoms with van der Waals surface area (Å²) in [6, 6.07) is 20.1. The van der Waals surface area contributed by atoms with E-state index in [4.69, 9.17) is 9.47 Å². The Kier molecular flexibility index (Phi) is 8.25. The van der Waals surface area contributed by atoms with E-state index in [9.17, 15) is 12.8 Å². The van der Waals surface area contributed by atoms with E-state index in [-0.39, 0.29) is 11.4 Å². The maximum atomic E-state index is 13.3. The van der Waals surface area contributed by atoms with Gasteiger partial charge in [-0.25, -0.2) is 12.8 Å². The maximum absolute atomic E-state index is 13.3. The zero-order valence-electron chi connectivity index (χ0n) is 18.3. The lowest BCUT2D eigenvalue weighted by Gasteiger charge is -2.23. The molecule has 0 aliphatic carbocycles. The first-order valence-electron chi connectivity index (χ1n) is 10.5. The third-order valence-electron chi connectivity index (χ3n) is 5.04. The van der Waals surface area contributed by atoms with Crippen LogP contribution >= 0.6 is 0 Å². The molecule has 3 aromatic rings. The van der Waals surface area contributed by atoms with Gasteiger partial charge < -0.3 is 9.47 Å². The lowest BCUT2D eigenvalue weighted by Crippen LogP contribution is -2.31. The maximum Gasteiger partial charge on any atom is 0.243 e. The van der Waals surface area contributed by atoms with Crippen LogP contribution in [0.15, 0.2) is 77.7 Å². The first kappa shape index (κ1) is 23.8. The number of hydrogen-bond acceptors (Lipinski definition) is 4. The van der Waals surface area contributed by atoms with Crippen LogP contribution in [0.4, 0.5) is 4.39 Å². The van der Waals surface area contributed by atoms with Crippen LogP contribution in [-0.2, 0) is 23.2 Å². The van der Waals surface area contributed by atoms with Gasteiger partial charge in [-0.2, -0.15) is 4.31 Å². The Morgan fingerprint density at radius 1 is 0.906 bits per heavy atom. The summed E-state index contributed by atoms with van der Waals surface area (Å²) in [5.41, 5.74) is 1.81.